The molecule has 1 atom stereocenters. The number of rotatable bonds is 2. The number of ketones is 1. The SMILES string of the molecule is CC(=O)OC1(c2ccccc2)Oc2ccccc2-n2c(C#N)c3ccccc3c2C1=O. The minimum Gasteiger partial charge on any atom is -0.440 e. The number of carbonyl (C=O) groups excluding carboxylic acids is 2. The average molecular weight is 408 g/mol. The van der Waals surface area contributed by atoms with Crippen molar-refractivity contribution in [3.8, 4) is 17.5 Å². The molecule has 31 heavy (non-hydrogen) atoms. The monoisotopic (exact) mass is 408 g/mol. The lowest BCUT2D eigenvalue weighted by molar-refractivity contribution is -0.182. The van der Waals surface area contributed by atoms with Crippen LogP contribution in [0.15, 0.2) is 78.9 Å². The van der Waals surface area contributed by atoms with E-state index in [2.05, 4.69) is 6.07 Å². The largest absolute Gasteiger partial charge is 0.440 e. The molecule has 1 aliphatic rings. The zero-order valence-electron chi connectivity index (χ0n) is 16.5. The first-order valence-corrected chi connectivity index (χ1v) is 9.68. The van der Waals surface area contributed by atoms with Crippen molar-refractivity contribution in [1.29, 1.82) is 5.26 Å². The van der Waals surface area contributed by atoms with E-state index in [4.69, 9.17) is 9.47 Å². The number of esters is 1. The molecule has 1 aliphatic heterocycles. The first-order chi connectivity index (χ1) is 15.1. The summed E-state index contributed by atoms with van der Waals surface area (Å²) < 4.78 is 13.5. The maximum absolute atomic E-state index is 14.2. The van der Waals surface area contributed by atoms with Crippen LogP contribution in [0.3, 0.4) is 0 Å². The predicted molar refractivity (Wildman–Crippen MR) is 113 cm³/mol. The quantitative estimate of drug-likeness (QED) is 0.457. The van der Waals surface area contributed by atoms with Gasteiger partial charge in [0.2, 0.25) is 0 Å². The fourth-order valence-corrected chi connectivity index (χ4v) is 4.09. The highest BCUT2D eigenvalue weighted by Crippen LogP contribution is 2.43. The van der Waals surface area contributed by atoms with Crippen molar-refractivity contribution in [2.45, 2.75) is 12.7 Å². The Morgan fingerprint density at radius 2 is 1.61 bits per heavy atom. The molecule has 0 aliphatic carbocycles. The number of nitriles is 1. The molecule has 0 spiro atoms. The molecule has 5 rings (SSSR count). The Labute approximate surface area is 177 Å². The molecule has 0 N–H and O–H groups in total. The van der Waals surface area contributed by atoms with Crippen LogP contribution >= 0.6 is 0 Å². The number of Topliss-reactive ketones (excluding diaryl/α,β-unsaturated/α-hetero) is 1. The van der Waals surface area contributed by atoms with Gasteiger partial charge in [0.15, 0.2) is 0 Å². The molecule has 0 saturated carbocycles. The number of hydrogen-bond donors (Lipinski definition) is 0. The van der Waals surface area contributed by atoms with E-state index in [9.17, 15) is 14.9 Å². The topological polar surface area (TPSA) is 81.3 Å². The Bertz CT molecular complexity index is 1400. The Morgan fingerprint density at radius 3 is 2.32 bits per heavy atom. The number of hydrogen-bond acceptors (Lipinski definition) is 5. The van der Waals surface area contributed by atoms with Gasteiger partial charge >= 0.3 is 11.8 Å². The molecular weight excluding hydrogens is 392 g/mol. The van der Waals surface area contributed by atoms with Gasteiger partial charge in [0.25, 0.3) is 5.78 Å². The average Bonchev–Trinajstić information content (AvgIpc) is 3.07. The molecule has 1 unspecified atom stereocenters. The van der Waals surface area contributed by atoms with Gasteiger partial charge in [-0.3, -0.25) is 14.2 Å². The number of ether oxygens (including phenoxy) is 2. The summed E-state index contributed by atoms with van der Waals surface area (Å²) in [4.78, 5) is 26.4. The van der Waals surface area contributed by atoms with Crippen LogP contribution in [-0.4, -0.2) is 16.3 Å². The van der Waals surface area contributed by atoms with Crippen LogP contribution in [0.5, 0.6) is 5.75 Å². The third-order valence-corrected chi connectivity index (χ3v) is 5.31. The highest BCUT2D eigenvalue weighted by atomic mass is 16.7. The molecule has 6 heteroatoms. The predicted octanol–water partition coefficient (Wildman–Crippen LogP) is 4.49. The van der Waals surface area contributed by atoms with Gasteiger partial charge < -0.3 is 9.47 Å². The maximum atomic E-state index is 14.2. The highest BCUT2D eigenvalue weighted by Gasteiger charge is 2.51. The molecule has 3 aromatic carbocycles. The number of para-hydroxylation sites is 2. The van der Waals surface area contributed by atoms with E-state index >= 15 is 0 Å². The van der Waals surface area contributed by atoms with E-state index in [-0.39, 0.29) is 5.69 Å². The van der Waals surface area contributed by atoms with E-state index in [0.29, 0.717) is 33.5 Å². The standard InChI is InChI=1S/C25H16N2O4/c1-16(28)30-25(17-9-3-2-4-10-17)24(29)23-19-12-6-5-11-18(19)21(15-26)27(23)20-13-7-8-14-22(20)31-25/h2-14H,1H3. The van der Waals surface area contributed by atoms with Crippen molar-refractivity contribution in [3.63, 3.8) is 0 Å². The fraction of sp³-hybridized carbons (Fsp3) is 0.0800. The van der Waals surface area contributed by atoms with Gasteiger partial charge in [0, 0.05) is 23.3 Å². The van der Waals surface area contributed by atoms with E-state index in [0.717, 1.165) is 0 Å². The van der Waals surface area contributed by atoms with Crippen molar-refractivity contribution in [1.82, 2.24) is 4.57 Å². The summed E-state index contributed by atoms with van der Waals surface area (Å²) in [6, 6.07) is 25.0. The van der Waals surface area contributed by atoms with Crippen molar-refractivity contribution >= 4 is 22.5 Å². The van der Waals surface area contributed by atoms with Crippen molar-refractivity contribution in [2.75, 3.05) is 0 Å². The van der Waals surface area contributed by atoms with Crippen LogP contribution in [0.4, 0.5) is 0 Å². The molecule has 6 nitrogen and oxygen atoms in total. The first kappa shape index (κ1) is 18.6. The molecular formula is C25H16N2O4. The Morgan fingerprint density at radius 1 is 0.968 bits per heavy atom. The molecule has 0 fully saturated rings. The summed E-state index contributed by atoms with van der Waals surface area (Å²) in [5, 5.41) is 11.2. The van der Waals surface area contributed by atoms with Gasteiger partial charge in [-0.25, -0.2) is 0 Å². The smallest absolute Gasteiger partial charge is 0.347 e. The van der Waals surface area contributed by atoms with Gasteiger partial charge in [-0.15, -0.1) is 0 Å². The van der Waals surface area contributed by atoms with Crippen molar-refractivity contribution in [3.05, 3.63) is 95.8 Å². The molecule has 1 aromatic heterocycles. The molecule has 0 bridgehead atoms. The highest BCUT2D eigenvalue weighted by molar-refractivity contribution is 6.14. The summed E-state index contributed by atoms with van der Waals surface area (Å²) in [5.74, 6) is -2.95. The molecule has 4 aromatic rings. The minimum absolute atomic E-state index is 0.224. The lowest BCUT2D eigenvalue weighted by Gasteiger charge is -2.31. The Hall–Kier alpha value is -4.37. The van der Waals surface area contributed by atoms with E-state index in [1.807, 2.05) is 6.07 Å². The summed E-state index contributed by atoms with van der Waals surface area (Å²) in [5.41, 5.74) is 1.43. The molecule has 150 valence electrons. The van der Waals surface area contributed by atoms with E-state index in [1.165, 1.54) is 6.92 Å². The third-order valence-electron chi connectivity index (χ3n) is 5.31. The summed E-state index contributed by atoms with van der Waals surface area (Å²) in [6.07, 6.45) is 0. The lowest BCUT2D eigenvalue weighted by atomic mass is 9.97. The number of nitrogens with zero attached hydrogens (tertiary/aromatic N) is 2. The second-order valence-corrected chi connectivity index (χ2v) is 7.17. The Balaban J connectivity index is 1.96. The van der Waals surface area contributed by atoms with Crippen LogP contribution in [0, 0.1) is 11.3 Å². The van der Waals surface area contributed by atoms with Crippen LogP contribution in [0.1, 0.15) is 28.7 Å². The van der Waals surface area contributed by atoms with Crippen molar-refractivity contribution in [2.24, 2.45) is 0 Å². The van der Waals surface area contributed by atoms with E-state index in [1.54, 1.807) is 77.4 Å². The third kappa shape index (κ3) is 2.64. The number of fused-ring (bicyclic) bond motifs is 5. The Kier molecular flexibility index (Phi) is 4.12. The molecule has 0 radical (unpaired) electrons. The van der Waals surface area contributed by atoms with Gasteiger partial charge in [0.1, 0.15) is 23.2 Å². The summed E-state index contributed by atoms with van der Waals surface area (Å²) >= 11 is 0. The molecule has 0 amide bonds. The zero-order valence-corrected chi connectivity index (χ0v) is 16.5. The second-order valence-electron chi connectivity index (χ2n) is 7.17. The maximum Gasteiger partial charge on any atom is 0.347 e. The molecule has 0 saturated heterocycles. The normalized spacial score (nSPS) is 17.1. The molecule has 2 heterocycles. The van der Waals surface area contributed by atoms with Crippen LogP contribution in [0.2, 0.25) is 0 Å². The van der Waals surface area contributed by atoms with Crippen LogP contribution < -0.4 is 4.74 Å². The summed E-state index contributed by atoms with van der Waals surface area (Å²) in [6.45, 7) is 1.23. The van der Waals surface area contributed by atoms with Gasteiger partial charge in [-0.05, 0) is 12.1 Å². The lowest BCUT2D eigenvalue weighted by Crippen LogP contribution is -2.45. The van der Waals surface area contributed by atoms with Crippen LogP contribution in [-0.2, 0) is 15.3 Å². The first-order valence-electron chi connectivity index (χ1n) is 9.68. The van der Waals surface area contributed by atoms with Crippen molar-refractivity contribution < 1.29 is 19.1 Å². The number of aromatic nitrogens is 1. The van der Waals surface area contributed by atoms with Crippen LogP contribution in [0.25, 0.3) is 16.5 Å². The zero-order chi connectivity index (χ0) is 21.6. The number of benzene rings is 3. The van der Waals surface area contributed by atoms with Gasteiger partial charge in [-0.1, -0.05) is 66.7 Å². The van der Waals surface area contributed by atoms with Gasteiger partial charge in [-0.2, -0.15) is 5.26 Å². The fourth-order valence-electron chi connectivity index (χ4n) is 4.09. The summed E-state index contributed by atoms with van der Waals surface area (Å²) in [7, 11) is 0. The van der Waals surface area contributed by atoms with E-state index < -0.39 is 17.5 Å². The minimum atomic E-state index is -2.04. The van der Waals surface area contributed by atoms with Gasteiger partial charge in [0.05, 0.1) is 5.69 Å². The second kappa shape index (κ2) is 6.85. The number of carbonyl (C=O) groups is 2.